The molecule has 194 valence electrons. The second-order valence-corrected chi connectivity index (χ2v) is 10.6. The number of rotatable bonds is 4. The number of nitrogens with one attached hydrogen (secondary N) is 1. The molecule has 6 heteroatoms. The fraction of sp³-hybridized carbons (Fsp3) is 0.212. The van der Waals surface area contributed by atoms with Crippen LogP contribution in [0, 0.1) is 17.6 Å². The van der Waals surface area contributed by atoms with Crippen molar-refractivity contribution >= 4 is 17.4 Å². The predicted octanol–water partition coefficient (Wildman–Crippen LogP) is 6.54. The highest BCUT2D eigenvalue weighted by Gasteiger charge is 2.69. The Balaban J connectivity index is 1.38. The lowest BCUT2D eigenvalue weighted by molar-refractivity contribution is -0.127. The summed E-state index contributed by atoms with van der Waals surface area (Å²) in [5.74, 6) is -2.40. The van der Waals surface area contributed by atoms with Gasteiger partial charge in [-0.1, -0.05) is 72.8 Å². The largest absolute Gasteiger partial charge is 0.324 e. The summed E-state index contributed by atoms with van der Waals surface area (Å²) in [5.41, 5.74) is 2.81. The van der Waals surface area contributed by atoms with E-state index in [1.807, 2.05) is 42.5 Å². The van der Waals surface area contributed by atoms with Gasteiger partial charge in [-0.25, -0.2) is 8.78 Å². The molecule has 1 amide bonds. The first-order chi connectivity index (χ1) is 19.0. The van der Waals surface area contributed by atoms with Crippen molar-refractivity contribution in [1.82, 2.24) is 4.90 Å². The van der Waals surface area contributed by atoms with Crippen LogP contribution >= 0.6 is 0 Å². The highest BCUT2D eigenvalue weighted by molar-refractivity contribution is 6.12. The van der Waals surface area contributed by atoms with Crippen LogP contribution in [0.5, 0.6) is 0 Å². The number of hydrogen-bond acceptors (Lipinski definition) is 3. The van der Waals surface area contributed by atoms with Crippen molar-refractivity contribution in [3.05, 3.63) is 125 Å². The molecule has 1 N–H and O–H groups in total. The fourth-order valence-corrected chi connectivity index (χ4v) is 7.28. The molecule has 3 aliphatic rings. The average molecular weight is 521 g/mol. The Hall–Kier alpha value is -4.16. The predicted molar refractivity (Wildman–Crippen MR) is 145 cm³/mol. The van der Waals surface area contributed by atoms with Crippen molar-refractivity contribution in [3.63, 3.8) is 0 Å². The standard InChI is InChI=1S/C33H26F2N2O2/c34-23-16-17-24(26(35)19-23)20-12-14-22(15-13-20)31(38)30-29(21-7-2-1-3-8-21)28-11-6-18-37(28)33(30)25-9-4-5-10-27(25)36-32(33)39/h1-5,7-10,12-17,19,28-30H,6,11,18H2,(H,36,39)/t28-,29-,30-,33+/m1/s1. The average Bonchev–Trinajstić information content (AvgIpc) is 3.62. The van der Waals surface area contributed by atoms with Gasteiger partial charge in [-0.15, -0.1) is 0 Å². The minimum Gasteiger partial charge on any atom is -0.324 e. The minimum atomic E-state index is -1.11. The number of benzene rings is 4. The van der Waals surface area contributed by atoms with Gasteiger partial charge in [0, 0.05) is 40.4 Å². The third-order valence-electron chi connectivity index (χ3n) is 8.79. The molecular formula is C33H26F2N2O2. The Morgan fingerprint density at radius 2 is 1.64 bits per heavy atom. The molecule has 3 heterocycles. The Kier molecular flexibility index (Phi) is 5.49. The number of fused-ring (bicyclic) bond motifs is 4. The summed E-state index contributed by atoms with van der Waals surface area (Å²) in [7, 11) is 0. The molecule has 2 fully saturated rings. The van der Waals surface area contributed by atoms with Crippen molar-refractivity contribution in [3.8, 4) is 11.1 Å². The Morgan fingerprint density at radius 1 is 0.897 bits per heavy atom. The van der Waals surface area contributed by atoms with Crippen LogP contribution in [0.25, 0.3) is 11.1 Å². The summed E-state index contributed by atoms with van der Waals surface area (Å²) in [6, 6.07) is 28.0. The molecule has 0 radical (unpaired) electrons. The van der Waals surface area contributed by atoms with Gasteiger partial charge in [0.1, 0.15) is 17.2 Å². The molecule has 4 nitrogen and oxygen atoms in total. The van der Waals surface area contributed by atoms with E-state index in [0.717, 1.165) is 42.3 Å². The number of carbonyl (C=O) groups excluding carboxylic acids is 2. The number of ketones is 1. The zero-order valence-corrected chi connectivity index (χ0v) is 21.1. The second-order valence-electron chi connectivity index (χ2n) is 10.6. The zero-order valence-electron chi connectivity index (χ0n) is 21.1. The highest BCUT2D eigenvalue weighted by atomic mass is 19.1. The number of carbonyl (C=O) groups is 2. The van der Waals surface area contributed by atoms with Crippen LogP contribution < -0.4 is 5.32 Å². The van der Waals surface area contributed by atoms with E-state index in [9.17, 15) is 18.4 Å². The summed E-state index contributed by atoms with van der Waals surface area (Å²) < 4.78 is 27.9. The van der Waals surface area contributed by atoms with E-state index in [4.69, 9.17) is 0 Å². The molecule has 39 heavy (non-hydrogen) atoms. The topological polar surface area (TPSA) is 49.4 Å². The summed E-state index contributed by atoms with van der Waals surface area (Å²) >= 11 is 0. The number of halogens is 2. The van der Waals surface area contributed by atoms with E-state index in [1.54, 1.807) is 24.3 Å². The van der Waals surface area contributed by atoms with Crippen LogP contribution in [0.3, 0.4) is 0 Å². The maximum absolute atomic E-state index is 14.6. The number of Topliss-reactive ketones (excluding diaryl/α,β-unsaturated/α-hetero) is 1. The van der Waals surface area contributed by atoms with Crippen LogP contribution in [-0.4, -0.2) is 29.2 Å². The minimum absolute atomic E-state index is 0.0471. The van der Waals surface area contributed by atoms with Crippen LogP contribution in [0.15, 0.2) is 97.1 Å². The van der Waals surface area contributed by atoms with Gasteiger partial charge in [0.2, 0.25) is 5.91 Å². The summed E-state index contributed by atoms with van der Waals surface area (Å²) in [6.07, 6.45) is 1.87. The first-order valence-corrected chi connectivity index (χ1v) is 13.3. The third-order valence-corrected chi connectivity index (χ3v) is 8.79. The maximum atomic E-state index is 14.6. The van der Waals surface area contributed by atoms with E-state index >= 15 is 0 Å². The zero-order chi connectivity index (χ0) is 26.7. The maximum Gasteiger partial charge on any atom is 0.250 e. The number of para-hydroxylation sites is 1. The molecule has 4 atom stereocenters. The second kappa shape index (κ2) is 8.95. The van der Waals surface area contributed by atoms with Gasteiger partial charge < -0.3 is 5.32 Å². The van der Waals surface area contributed by atoms with Crippen molar-refractivity contribution in [2.24, 2.45) is 5.92 Å². The normalized spacial score (nSPS) is 25.5. The smallest absolute Gasteiger partial charge is 0.250 e. The molecule has 7 rings (SSSR count). The van der Waals surface area contributed by atoms with Crippen LogP contribution in [0.4, 0.5) is 14.5 Å². The lowest BCUT2D eigenvalue weighted by Crippen LogP contribution is -2.52. The van der Waals surface area contributed by atoms with Crippen LogP contribution in [0.2, 0.25) is 0 Å². The molecule has 3 aliphatic heterocycles. The van der Waals surface area contributed by atoms with Crippen molar-refractivity contribution in [1.29, 1.82) is 0 Å². The number of hydrogen-bond donors (Lipinski definition) is 1. The van der Waals surface area contributed by atoms with Crippen molar-refractivity contribution < 1.29 is 18.4 Å². The first-order valence-electron chi connectivity index (χ1n) is 13.3. The summed E-state index contributed by atoms with van der Waals surface area (Å²) in [4.78, 5) is 30.9. The monoisotopic (exact) mass is 520 g/mol. The Labute approximate surface area is 225 Å². The van der Waals surface area contributed by atoms with Gasteiger partial charge in [-0.05, 0) is 48.7 Å². The number of nitrogens with zero attached hydrogens (tertiary/aromatic N) is 1. The van der Waals surface area contributed by atoms with E-state index < -0.39 is 23.1 Å². The Bertz CT molecular complexity index is 1600. The fourth-order valence-electron chi connectivity index (χ4n) is 7.28. The molecule has 0 bridgehead atoms. The molecule has 4 aromatic carbocycles. The van der Waals surface area contributed by atoms with Crippen LogP contribution in [-0.2, 0) is 10.3 Å². The number of anilines is 1. The molecule has 0 aliphatic carbocycles. The van der Waals surface area contributed by atoms with Gasteiger partial charge in [-0.2, -0.15) is 0 Å². The molecule has 4 aromatic rings. The van der Waals surface area contributed by atoms with E-state index in [2.05, 4.69) is 22.3 Å². The Morgan fingerprint density at radius 3 is 2.41 bits per heavy atom. The van der Waals surface area contributed by atoms with Crippen molar-refractivity contribution in [2.45, 2.75) is 30.3 Å². The summed E-state index contributed by atoms with van der Waals surface area (Å²) in [5, 5.41) is 3.09. The van der Waals surface area contributed by atoms with E-state index in [0.29, 0.717) is 11.1 Å². The van der Waals surface area contributed by atoms with Crippen LogP contribution in [0.1, 0.15) is 40.2 Å². The molecule has 0 unspecified atom stereocenters. The van der Waals surface area contributed by atoms with E-state index in [1.165, 1.54) is 12.1 Å². The van der Waals surface area contributed by atoms with Gasteiger partial charge in [-0.3, -0.25) is 14.5 Å². The molecule has 0 aromatic heterocycles. The first kappa shape index (κ1) is 23.9. The van der Waals surface area contributed by atoms with Crippen molar-refractivity contribution in [2.75, 3.05) is 11.9 Å². The van der Waals surface area contributed by atoms with E-state index in [-0.39, 0.29) is 29.2 Å². The molecule has 1 spiro atoms. The van der Waals surface area contributed by atoms with Gasteiger partial charge in [0.05, 0.1) is 5.92 Å². The molecule has 2 saturated heterocycles. The van der Waals surface area contributed by atoms with Gasteiger partial charge in [0.15, 0.2) is 5.78 Å². The quantitative estimate of drug-likeness (QED) is 0.311. The lowest BCUT2D eigenvalue weighted by Gasteiger charge is -2.36. The number of amides is 1. The third kappa shape index (κ3) is 3.44. The molecular weight excluding hydrogens is 494 g/mol. The molecule has 0 saturated carbocycles. The SMILES string of the molecule is O=C(c1ccc(-c2ccc(F)cc2F)cc1)[C@H]1[C@H](c2ccccc2)[C@H]2CCCN2[C@]12C(=O)Nc1ccccc12. The van der Waals surface area contributed by atoms with Gasteiger partial charge in [0.25, 0.3) is 0 Å². The summed E-state index contributed by atoms with van der Waals surface area (Å²) in [6.45, 7) is 0.738. The lowest BCUT2D eigenvalue weighted by atomic mass is 9.68. The highest BCUT2D eigenvalue weighted by Crippen LogP contribution is 2.61. The van der Waals surface area contributed by atoms with Gasteiger partial charge >= 0.3 is 0 Å².